The first-order chi connectivity index (χ1) is 9.25. The zero-order valence-corrected chi connectivity index (χ0v) is 11.0. The van der Waals surface area contributed by atoms with Crippen LogP contribution in [0.3, 0.4) is 0 Å². The number of hydrogen-bond acceptors (Lipinski definition) is 5. The van der Waals surface area contributed by atoms with Crippen molar-refractivity contribution in [2.75, 3.05) is 18.9 Å². The van der Waals surface area contributed by atoms with E-state index in [4.69, 9.17) is 10.5 Å². The molecule has 1 heterocycles. The molecule has 0 aromatic carbocycles. The smallest absolute Gasteiger partial charge is 0.271 e. The van der Waals surface area contributed by atoms with Crippen molar-refractivity contribution in [3.8, 4) is 0 Å². The van der Waals surface area contributed by atoms with E-state index in [1.807, 2.05) is 0 Å². The summed E-state index contributed by atoms with van der Waals surface area (Å²) in [6, 6.07) is 3.11. The largest absolute Gasteiger partial charge is 0.382 e. The summed E-state index contributed by atoms with van der Waals surface area (Å²) in [6.45, 7) is 1.03. The van der Waals surface area contributed by atoms with Crippen molar-refractivity contribution in [2.45, 2.75) is 38.2 Å². The number of anilines is 1. The van der Waals surface area contributed by atoms with E-state index in [2.05, 4.69) is 15.5 Å². The van der Waals surface area contributed by atoms with Gasteiger partial charge in [0, 0.05) is 6.54 Å². The molecule has 6 heteroatoms. The molecule has 0 unspecified atom stereocenters. The number of rotatable bonds is 5. The predicted octanol–water partition coefficient (Wildman–Crippen LogP) is 1.14. The molecule has 3 N–H and O–H groups in total. The summed E-state index contributed by atoms with van der Waals surface area (Å²) >= 11 is 0. The van der Waals surface area contributed by atoms with Gasteiger partial charge in [-0.05, 0) is 25.0 Å². The van der Waals surface area contributed by atoms with Gasteiger partial charge in [0.15, 0.2) is 5.69 Å². The van der Waals surface area contributed by atoms with Crippen molar-refractivity contribution in [1.82, 2.24) is 15.5 Å². The number of amides is 1. The summed E-state index contributed by atoms with van der Waals surface area (Å²) in [7, 11) is 0. The Morgan fingerprint density at radius 2 is 2.11 bits per heavy atom. The molecular weight excluding hydrogens is 244 g/mol. The molecule has 0 radical (unpaired) electrons. The van der Waals surface area contributed by atoms with E-state index in [9.17, 15) is 4.79 Å². The number of carbonyl (C=O) groups excluding carboxylic acids is 1. The quantitative estimate of drug-likeness (QED) is 0.778. The van der Waals surface area contributed by atoms with Gasteiger partial charge in [0.25, 0.3) is 5.91 Å². The molecule has 0 bridgehead atoms. The van der Waals surface area contributed by atoms with Crippen molar-refractivity contribution < 1.29 is 9.53 Å². The normalized spacial score (nSPS) is 16.2. The lowest BCUT2D eigenvalue weighted by molar-refractivity contribution is 0.0299. The number of nitrogens with one attached hydrogen (secondary N) is 1. The van der Waals surface area contributed by atoms with Gasteiger partial charge in [0.05, 0.1) is 12.7 Å². The Labute approximate surface area is 112 Å². The van der Waals surface area contributed by atoms with Gasteiger partial charge in [-0.2, -0.15) is 0 Å². The van der Waals surface area contributed by atoms with E-state index >= 15 is 0 Å². The fourth-order valence-corrected chi connectivity index (χ4v) is 2.18. The topological polar surface area (TPSA) is 90.1 Å². The molecule has 1 aromatic rings. The molecule has 0 atom stereocenters. The third-order valence-corrected chi connectivity index (χ3v) is 3.21. The van der Waals surface area contributed by atoms with Crippen LogP contribution in [0.2, 0.25) is 0 Å². The van der Waals surface area contributed by atoms with Crippen LogP contribution in [0.4, 0.5) is 5.82 Å². The summed E-state index contributed by atoms with van der Waals surface area (Å²) < 4.78 is 5.72. The fraction of sp³-hybridized carbons (Fsp3) is 0.615. The molecule has 2 rings (SSSR count). The molecule has 104 valence electrons. The van der Waals surface area contributed by atoms with Gasteiger partial charge in [0.1, 0.15) is 5.82 Å². The highest BCUT2D eigenvalue weighted by atomic mass is 16.5. The number of carbonyl (C=O) groups is 1. The Balaban J connectivity index is 1.64. The van der Waals surface area contributed by atoms with Crippen LogP contribution in [0.1, 0.15) is 42.6 Å². The molecule has 1 fully saturated rings. The summed E-state index contributed by atoms with van der Waals surface area (Å²) in [5.41, 5.74) is 5.68. The number of nitrogens with zero attached hydrogens (tertiary/aromatic N) is 2. The highest BCUT2D eigenvalue weighted by Gasteiger charge is 2.13. The predicted molar refractivity (Wildman–Crippen MR) is 71.6 cm³/mol. The first kappa shape index (κ1) is 13.7. The van der Waals surface area contributed by atoms with E-state index in [1.165, 1.54) is 19.3 Å². The molecule has 1 aliphatic carbocycles. The average molecular weight is 264 g/mol. The monoisotopic (exact) mass is 264 g/mol. The lowest BCUT2D eigenvalue weighted by Crippen LogP contribution is -2.30. The van der Waals surface area contributed by atoms with E-state index in [1.54, 1.807) is 12.1 Å². The van der Waals surface area contributed by atoms with Crippen molar-refractivity contribution in [2.24, 2.45) is 0 Å². The van der Waals surface area contributed by atoms with Crippen LogP contribution in [-0.4, -0.2) is 35.4 Å². The minimum atomic E-state index is -0.250. The van der Waals surface area contributed by atoms with Gasteiger partial charge in [-0.3, -0.25) is 4.79 Å². The van der Waals surface area contributed by atoms with Crippen molar-refractivity contribution >= 4 is 11.7 Å². The summed E-state index contributed by atoms with van der Waals surface area (Å²) in [5, 5.41) is 10.1. The van der Waals surface area contributed by atoms with Crippen LogP contribution in [0, 0.1) is 0 Å². The van der Waals surface area contributed by atoms with Crippen molar-refractivity contribution in [3.63, 3.8) is 0 Å². The average Bonchev–Trinajstić information content (AvgIpc) is 2.45. The molecule has 0 saturated heterocycles. The van der Waals surface area contributed by atoms with Crippen LogP contribution >= 0.6 is 0 Å². The summed E-state index contributed by atoms with van der Waals surface area (Å²) in [4.78, 5) is 11.7. The molecule has 1 aliphatic rings. The molecule has 19 heavy (non-hydrogen) atoms. The third-order valence-electron chi connectivity index (χ3n) is 3.21. The number of hydrogen-bond donors (Lipinski definition) is 2. The Morgan fingerprint density at radius 1 is 1.32 bits per heavy atom. The highest BCUT2D eigenvalue weighted by molar-refractivity contribution is 5.92. The maximum absolute atomic E-state index is 11.7. The number of nitrogen functional groups attached to an aromatic ring is 1. The van der Waals surface area contributed by atoms with E-state index in [-0.39, 0.29) is 11.6 Å². The molecule has 6 nitrogen and oxygen atoms in total. The molecule has 0 spiro atoms. The highest BCUT2D eigenvalue weighted by Crippen LogP contribution is 2.19. The van der Waals surface area contributed by atoms with Gasteiger partial charge in [-0.1, -0.05) is 19.3 Å². The van der Waals surface area contributed by atoms with Gasteiger partial charge in [0.2, 0.25) is 0 Å². The van der Waals surface area contributed by atoms with E-state index in [0.29, 0.717) is 25.1 Å². The Kier molecular flexibility index (Phi) is 5.09. The maximum atomic E-state index is 11.7. The minimum absolute atomic E-state index is 0.250. The second-order valence-corrected chi connectivity index (χ2v) is 4.73. The van der Waals surface area contributed by atoms with Crippen LogP contribution in [0.5, 0.6) is 0 Å². The van der Waals surface area contributed by atoms with Crippen molar-refractivity contribution in [1.29, 1.82) is 0 Å². The zero-order chi connectivity index (χ0) is 13.5. The minimum Gasteiger partial charge on any atom is -0.382 e. The van der Waals surface area contributed by atoms with Crippen LogP contribution in [0.25, 0.3) is 0 Å². The van der Waals surface area contributed by atoms with Crippen LogP contribution in [0.15, 0.2) is 12.1 Å². The standard InChI is InChI=1S/C13H20N4O2/c14-12-7-6-11(16-17-12)13(18)15-8-9-19-10-4-2-1-3-5-10/h6-7,10H,1-5,8-9H2,(H2,14,17)(H,15,18). The number of aromatic nitrogens is 2. The lowest BCUT2D eigenvalue weighted by Gasteiger charge is -2.21. The zero-order valence-electron chi connectivity index (χ0n) is 11.0. The first-order valence-electron chi connectivity index (χ1n) is 6.75. The molecule has 1 amide bonds. The van der Waals surface area contributed by atoms with Crippen molar-refractivity contribution in [3.05, 3.63) is 17.8 Å². The number of nitrogens with two attached hydrogens (primary N) is 1. The second kappa shape index (κ2) is 7.04. The van der Waals surface area contributed by atoms with Gasteiger partial charge in [-0.15, -0.1) is 10.2 Å². The molecule has 1 saturated carbocycles. The summed E-state index contributed by atoms with van der Waals surface area (Å²) in [5.74, 6) is 0.0527. The second-order valence-electron chi connectivity index (χ2n) is 4.73. The maximum Gasteiger partial charge on any atom is 0.271 e. The first-order valence-corrected chi connectivity index (χ1v) is 6.75. The fourth-order valence-electron chi connectivity index (χ4n) is 2.18. The van der Waals surface area contributed by atoms with Crippen LogP contribution < -0.4 is 11.1 Å². The van der Waals surface area contributed by atoms with E-state index < -0.39 is 0 Å². The molecule has 0 aliphatic heterocycles. The number of ether oxygens (including phenoxy) is 1. The Bertz CT molecular complexity index is 402. The van der Waals surface area contributed by atoms with Gasteiger partial charge < -0.3 is 15.8 Å². The Hall–Kier alpha value is -1.69. The summed E-state index contributed by atoms with van der Waals surface area (Å²) in [6.07, 6.45) is 6.44. The van der Waals surface area contributed by atoms with Gasteiger partial charge in [-0.25, -0.2) is 0 Å². The Morgan fingerprint density at radius 3 is 2.79 bits per heavy atom. The third kappa shape index (κ3) is 4.48. The van der Waals surface area contributed by atoms with E-state index in [0.717, 1.165) is 12.8 Å². The SMILES string of the molecule is Nc1ccc(C(=O)NCCOC2CCCCC2)nn1. The van der Waals surface area contributed by atoms with Gasteiger partial charge >= 0.3 is 0 Å². The lowest BCUT2D eigenvalue weighted by atomic mass is 9.98. The molecule has 1 aromatic heterocycles. The molecular formula is C13H20N4O2. The van der Waals surface area contributed by atoms with Crippen LogP contribution in [-0.2, 0) is 4.74 Å².